The summed E-state index contributed by atoms with van der Waals surface area (Å²) in [5.74, 6) is 0. The van der Waals surface area contributed by atoms with Crippen LogP contribution in [0.4, 0.5) is 0 Å². The fraction of sp³-hybridized carbons (Fsp3) is 0.0625. The number of hydrogen-bond acceptors (Lipinski definition) is 0. The number of nitrogens with zero attached hydrogens (tertiary/aromatic N) is 1. The number of pyridine rings is 1. The number of para-hydroxylation sites is 2. The van der Waals surface area contributed by atoms with E-state index in [1.54, 1.807) is 0 Å². The number of hydrogen-bond donors (Lipinski definition) is 0. The van der Waals surface area contributed by atoms with Crippen molar-refractivity contribution >= 4 is 10.9 Å². The highest BCUT2D eigenvalue weighted by atomic mass is 15.0. The number of aryl methyl sites for hydroxylation is 1. The first-order valence-corrected chi connectivity index (χ1v) is 5.82. The summed E-state index contributed by atoms with van der Waals surface area (Å²) >= 11 is 0. The van der Waals surface area contributed by atoms with E-state index in [1.165, 1.54) is 22.3 Å². The fourth-order valence-electron chi connectivity index (χ4n) is 2.23. The van der Waals surface area contributed by atoms with Gasteiger partial charge in [-0.25, -0.2) is 0 Å². The van der Waals surface area contributed by atoms with E-state index in [-0.39, 0.29) is 0 Å². The van der Waals surface area contributed by atoms with E-state index in [0.717, 1.165) is 0 Å². The van der Waals surface area contributed by atoms with Gasteiger partial charge in [0.15, 0.2) is 5.69 Å². The Balaban J connectivity index is 2.39. The maximum Gasteiger partial charge on any atom is 0.218 e. The zero-order chi connectivity index (χ0) is 11.7. The molecule has 0 saturated carbocycles. The second kappa shape index (κ2) is 4.02. The third kappa shape index (κ3) is 1.70. The van der Waals surface area contributed by atoms with Crippen LogP contribution in [0.2, 0.25) is 0 Å². The van der Waals surface area contributed by atoms with Gasteiger partial charge in [-0.15, -0.1) is 0 Å². The van der Waals surface area contributed by atoms with Crippen molar-refractivity contribution in [2.24, 2.45) is 0 Å². The molecule has 0 atom stereocenters. The van der Waals surface area contributed by atoms with Crippen molar-refractivity contribution in [1.29, 1.82) is 0 Å². The van der Waals surface area contributed by atoms with E-state index >= 15 is 0 Å². The monoisotopic (exact) mass is 220 g/mol. The lowest BCUT2D eigenvalue weighted by molar-refractivity contribution is -0.574. The van der Waals surface area contributed by atoms with Gasteiger partial charge in [0, 0.05) is 36.6 Å². The minimum atomic E-state index is 1.21. The van der Waals surface area contributed by atoms with Crippen LogP contribution in [0.25, 0.3) is 16.6 Å². The Labute approximate surface area is 101 Å². The summed E-state index contributed by atoms with van der Waals surface area (Å²) in [4.78, 5) is 0. The molecule has 0 amide bonds. The van der Waals surface area contributed by atoms with Gasteiger partial charge in [-0.05, 0) is 12.1 Å². The third-order valence-corrected chi connectivity index (χ3v) is 3.05. The molecule has 0 aliphatic rings. The summed E-state index contributed by atoms with van der Waals surface area (Å²) in [6.07, 6.45) is 0. The molecule has 3 aromatic rings. The van der Waals surface area contributed by atoms with Gasteiger partial charge in [-0.3, -0.25) is 0 Å². The Morgan fingerprint density at radius 3 is 2.24 bits per heavy atom. The van der Waals surface area contributed by atoms with Gasteiger partial charge < -0.3 is 0 Å². The standard InChI is InChI=1S/C16H14N/c1-13-11-12-14-7-5-6-10-16(14)17(13)15-8-3-2-4-9-15/h2-12H,1H3/q+1. The van der Waals surface area contributed by atoms with Crippen molar-refractivity contribution in [2.75, 3.05) is 0 Å². The molecular formula is C16H14N+. The van der Waals surface area contributed by atoms with Crippen molar-refractivity contribution in [2.45, 2.75) is 6.92 Å². The van der Waals surface area contributed by atoms with Gasteiger partial charge >= 0.3 is 0 Å². The molecule has 0 unspecified atom stereocenters. The van der Waals surface area contributed by atoms with Crippen LogP contribution in [0.3, 0.4) is 0 Å². The number of aromatic nitrogens is 1. The average molecular weight is 220 g/mol. The van der Waals surface area contributed by atoms with Crippen LogP contribution in [0, 0.1) is 6.92 Å². The average Bonchev–Trinajstić information content (AvgIpc) is 2.39. The van der Waals surface area contributed by atoms with E-state index in [4.69, 9.17) is 0 Å². The summed E-state index contributed by atoms with van der Waals surface area (Å²) in [7, 11) is 0. The lowest BCUT2D eigenvalue weighted by atomic mass is 10.1. The minimum absolute atomic E-state index is 1.21. The molecule has 1 nitrogen and oxygen atoms in total. The first-order valence-electron chi connectivity index (χ1n) is 5.82. The van der Waals surface area contributed by atoms with Crippen LogP contribution < -0.4 is 4.57 Å². The summed E-state index contributed by atoms with van der Waals surface area (Å²) in [6, 6.07) is 23.3. The lowest BCUT2D eigenvalue weighted by Gasteiger charge is -2.03. The van der Waals surface area contributed by atoms with Crippen LogP contribution in [-0.2, 0) is 0 Å². The fourth-order valence-corrected chi connectivity index (χ4v) is 2.23. The lowest BCUT2D eigenvalue weighted by Crippen LogP contribution is -2.34. The van der Waals surface area contributed by atoms with Crippen LogP contribution in [-0.4, -0.2) is 0 Å². The topological polar surface area (TPSA) is 3.88 Å². The molecule has 0 radical (unpaired) electrons. The normalized spacial score (nSPS) is 10.6. The molecular weight excluding hydrogens is 206 g/mol. The van der Waals surface area contributed by atoms with E-state index in [2.05, 4.69) is 72.2 Å². The van der Waals surface area contributed by atoms with Crippen molar-refractivity contribution in [3.8, 4) is 5.69 Å². The molecule has 0 saturated heterocycles. The van der Waals surface area contributed by atoms with Gasteiger partial charge in [0.05, 0.1) is 0 Å². The first-order chi connectivity index (χ1) is 8.36. The van der Waals surface area contributed by atoms with Crippen molar-refractivity contribution in [1.82, 2.24) is 0 Å². The molecule has 2 aromatic carbocycles. The first kappa shape index (κ1) is 10.0. The molecule has 0 aliphatic carbocycles. The predicted molar refractivity (Wildman–Crippen MR) is 70.2 cm³/mol. The molecule has 3 rings (SSSR count). The second-order valence-corrected chi connectivity index (χ2v) is 4.20. The summed E-state index contributed by atoms with van der Waals surface area (Å²) in [5.41, 5.74) is 3.70. The molecule has 17 heavy (non-hydrogen) atoms. The van der Waals surface area contributed by atoms with Gasteiger partial charge in [-0.1, -0.05) is 30.3 Å². The van der Waals surface area contributed by atoms with Gasteiger partial charge in [0.1, 0.15) is 0 Å². The van der Waals surface area contributed by atoms with Gasteiger partial charge in [0.25, 0.3) is 0 Å². The van der Waals surface area contributed by atoms with Crippen LogP contribution in [0.15, 0.2) is 66.7 Å². The Kier molecular flexibility index (Phi) is 2.37. The van der Waals surface area contributed by atoms with Crippen molar-refractivity contribution in [3.05, 3.63) is 72.4 Å². The highest BCUT2D eigenvalue weighted by Crippen LogP contribution is 2.13. The quantitative estimate of drug-likeness (QED) is 0.553. The Bertz CT molecular complexity index is 657. The maximum absolute atomic E-state index is 2.29. The van der Waals surface area contributed by atoms with E-state index in [0.29, 0.717) is 0 Å². The minimum Gasteiger partial charge on any atom is -0.158 e. The highest BCUT2D eigenvalue weighted by molar-refractivity contribution is 5.75. The molecule has 0 aliphatic heterocycles. The second-order valence-electron chi connectivity index (χ2n) is 4.20. The number of rotatable bonds is 1. The molecule has 0 bridgehead atoms. The van der Waals surface area contributed by atoms with Crippen LogP contribution in [0.5, 0.6) is 0 Å². The number of fused-ring (bicyclic) bond motifs is 1. The Morgan fingerprint density at radius 2 is 1.41 bits per heavy atom. The predicted octanol–water partition coefficient (Wildman–Crippen LogP) is 3.42. The van der Waals surface area contributed by atoms with Gasteiger partial charge in [0.2, 0.25) is 11.2 Å². The third-order valence-electron chi connectivity index (χ3n) is 3.05. The number of benzene rings is 2. The van der Waals surface area contributed by atoms with Gasteiger partial charge in [-0.2, -0.15) is 4.57 Å². The Hall–Kier alpha value is -2.15. The molecule has 0 fully saturated rings. The molecule has 1 heterocycles. The molecule has 1 aromatic heterocycles. The summed E-state index contributed by atoms with van der Waals surface area (Å²) in [6.45, 7) is 2.14. The SMILES string of the molecule is Cc1ccc2ccccc2[n+]1-c1ccccc1. The van der Waals surface area contributed by atoms with E-state index < -0.39 is 0 Å². The van der Waals surface area contributed by atoms with Crippen LogP contribution >= 0.6 is 0 Å². The summed E-state index contributed by atoms with van der Waals surface area (Å²) in [5, 5.41) is 1.27. The maximum atomic E-state index is 2.29. The molecule has 0 spiro atoms. The summed E-state index contributed by atoms with van der Waals surface area (Å²) < 4.78 is 2.29. The van der Waals surface area contributed by atoms with Crippen LogP contribution in [0.1, 0.15) is 5.69 Å². The molecule has 0 N–H and O–H groups in total. The zero-order valence-electron chi connectivity index (χ0n) is 9.80. The van der Waals surface area contributed by atoms with E-state index in [1.807, 2.05) is 6.07 Å². The van der Waals surface area contributed by atoms with Crippen molar-refractivity contribution < 1.29 is 4.57 Å². The van der Waals surface area contributed by atoms with Crippen molar-refractivity contribution in [3.63, 3.8) is 0 Å². The highest BCUT2D eigenvalue weighted by Gasteiger charge is 2.14. The largest absolute Gasteiger partial charge is 0.218 e. The zero-order valence-corrected chi connectivity index (χ0v) is 9.80. The van der Waals surface area contributed by atoms with E-state index in [9.17, 15) is 0 Å². The molecule has 82 valence electrons. The molecule has 1 heteroatoms. The Morgan fingerprint density at radius 1 is 0.706 bits per heavy atom. The smallest absolute Gasteiger partial charge is 0.158 e.